The summed E-state index contributed by atoms with van der Waals surface area (Å²) < 4.78 is 0. The third-order valence-electron chi connectivity index (χ3n) is 5.94. The number of hydrogen-bond acceptors (Lipinski definition) is 0. The molecule has 0 heterocycles. The van der Waals surface area contributed by atoms with Crippen molar-refractivity contribution in [3.63, 3.8) is 0 Å². The Morgan fingerprint density at radius 2 is 0.773 bits per heavy atom. The summed E-state index contributed by atoms with van der Waals surface area (Å²) >= 11 is 0. The second-order valence-corrected chi connectivity index (χ2v) is 7.89. The van der Waals surface area contributed by atoms with Gasteiger partial charge < -0.3 is 0 Å². The molecule has 0 heteroatoms. The van der Waals surface area contributed by atoms with Crippen LogP contribution in [0, 0.1) is 10.8 Å². The summed E-state index contributed by atoms with van der Waals surface area (Å²) in [7, 11) is 0. The van der Waals surface area contributed by atoms with Gasteiger partial charge in [-0.15, -0.1) is 0 Å². The highest BCUT2D eigenvalue weighted by atomic mass is 14.3. The monoisotopic (exact) mass is 294 g/mol. The van der Waals surface area contributed by atoms with E-state index in [9.17, 15) is 0 Å². The van der Waals surface area contributed by atoms with Crippen molar-refractivity contribution >= 4 is 0 Å². The van der Waals surface area contributed by atoms with E-state index < -0.39 is 0 Å². The lowest BCUT2D eigenvalue weighted by Gasteiger charge is -2.31. The van der Waals surface area contributed by atoms with Crippen molar-refractivity contribution in [1.82, 2.24) is 0 Å². The maximum Gasteiger partial charge on any atom is 0.00651 e. The topological polar surface area (TPSA) is 0 Å². The van der Waals surface area contributed by atoms with Gasteiger partial charge in [-0.25, -0.2) is 0 Å². The van der Waals surface area contributed by atoms with Crippen LogP contribution in [0.2, 0.25) is 0 Å². The fraction of sp³-hybridized carbons (Fsp3) is 0.455. The van der Waals surface area contributed by atoms with E-state index in [0.29, 0.717) is 0 Å². The van der Waals surface area contributed by atoms with Gasteiger partial charge >= 0.3 is 0 Å². The Morgan fingerprint density at radius 3 is 1.00 bits per heavy atom. The first-order valence-corrected chi connectivity index (χ1v) is 8.22. The van der Waals surface area contributed by atoms with Crippen molar-refractivity contribution in [2.24, 2.45) is 10.8 Å². The van der Waals surface area contributed by atoms with Crippen molar-refractivity contribution in [2.75, 3.05) is 0 Å². The van der Waals surface area contributed by atoms with E-state index in [1.54, 1.807) is 0 Å². The lowest BCUT2D eigenvalue weighted by atomic mass is 9.73. The van der Waals surface area contributed by atoms with E-state index in [4.69, 9.17) is 0 Å². The number of rotatable bonds is 1. The van der Waals surface area contributed by atoms with Crippen LogP contribution in [0.25, 0.3) is 0 Å². The first-order chi connectivity index (χ1) is 10.0. The quantitative estimate of drug-likeness (QED) is 0.504. The average molecular weight is 294 g/mol. The first-order valence-electron chi connectivity index (χ1n) is 8.22. The summed E-state index contributed by atoms with van der Waals surface area (Å²) in [6, 6.07) is 0. The SMILES string of the molecule is CC1=CC(=CC=C2C=C(C)C(C)(C)C(C)=C2)C=C(C)C1(C)C. The van der Waals surface area contributed by atoms with Crippen molar-refractivity contribution in [2.45, 2.75) is 55.4 Å². The molecule has 0 saturated carbocycles. The zero-order chi connectivity index (χ0) is 16.7. The van der Waals surface area contributed by atoms with Crippen molar-refractivity contribution in [1.29, 1.82) is 0 Å². The Bertz CT molecular complexity index is 557. The lowest BCUT2D eigenvalue weighted by molar-refractivity contribution is 0.532. The molecule has 0 aromatic rings. The Labute approximate surface area is 136 Å². The fourth-order valence-electron chi connectivity index (χ4n) is 2.81. The Morgan fingerprint density at radius 1 is 0.545 bits per heavy atom. The summed E-state index contributed by atoms with van der Waals surface area (Å²) in [6.45, 7) is 18.1. The molecule has 0 nitrogen and oxygen atoms in total. The lowest BCUT2D eigenvalue weighted by Crippen LogP contribution is -2.18. The van der Waals surface area contributed by atoms with E-state index in [1.165, 1.54) is 33.4 Å². The molecular formula is C22H30. The molecule has 0 aromatic carbocycles. The van der Waals surface area contributed by atoms with E-state index in [-0.39, 0.29) is 10.8 Å². The molecule has 2 aliphatic carbocycles. The summed E-state index contributed by atoms with van der Waals surface area (Å²) in [5.74, 6) is 0. The van der Waals surface area contributed by atoms with Crippen LogP contribution in [-0.2, 0) is 0 Å². The standard InChI is InChI=1S/C22H30/c1-15-11-19(12-16(2)21(15,5)6)9-10-20-13-17(3)22(7,8)18(4)14-20/h9-14H,1-8H3. The molecule has 0 atom stereocenters. The van der Waals surface area contributed by atoms with Crippen LogP contribution in [0.4, 0.5) is 0 Å². The normalized spacial score (nSPS) is 23.3. The van der Waals surface area contributed by atoms with E-state index in [0.717, 1.165) is 0 Å². The fourth-order valence-corrected chi connectivity index (χ4v) is 2.81. The second kappa shape index (κ2) is 5.57. The molecule has 0 aromatic heterocycles. The van der Waals surface area contributed by atoms with Gasteiger partial charge in [0.05, 0.1) is 0 Å². The van der Waals surface area contributed by atoms with Crippen molar-refractivity contribution in [3.05, 3.63) is 69.9 Å². The number of hydrogen-bond donors (Lipinski definition) is 0. The minimum absolute atomic E-state index is 0.187. The van der Waals surface area contributed by atoms with Gasteiger partial charge in [0.2, 0.25) is 0 Å². The maximum absolute atomic E-state index is 2.31. The van der Waals surface area contributed by atoms with Gasteiger partial charge in [0.1, 0.15) is 0 Å². The largest absolute Gasteiger partial charge is 0.0630 e. The molecule has 0 unspecified atom stereocenters. The summed E-state index contributed by atoms with van der Waals surface area (Å²) in [6.07, 6.45) is 13.7. The third kappa shape index (κ3) is 2.97. The van der Waals surface area contributed by atoms with E-state index >= 15 is 0 Å². The minimum Gasteiger partial charge on any atom is -0.0630 e. The molecule has 2 rings (SSSR count). The van der Waals surface area contributed by atoms with E-state index in [1.807, 2.05) is 0 Å². The third-order valence-corrected chi connectivity index (χ3v) is 5.94. The molecule has 0 N–H and O–H groups in total. The predicted molar refractivity (Wildman–Crippen MR) is 98.8 cm³/mol. The summed E-state index contributed by atoms with van der Waals surface area (Å²) in [5, 5.41) is 0. The molecule has 2 aliphatic rings. The molecule has 0 bridgehead atoms. The van der Waals surface area contributed by atoms with Crippen LogP contribution in [-0.4, -0.2) is 0 Å². The minimum atomic E-state index is 0.187. The van der Waals surface area contributed by atoms with Gasteiger partial charge in [-0.05, 0) is 38.8 Å². The second-order valence-electron chi connectivity index (χ2n) is 7.89. The molecule has 0 fully saturated rings. The molecule has 0 aliphatic heterocycles. The van der Waals surface area contributed by atoms with Crippen molar-refractivity contribution < 1.29 is 0 Å². The predicted octanol–water partition coefficient (Wildman–Crippen LogP) is 6.70. The molecule has 22 heavy (non-hydrogen) atoms. The van der Waals surface area contributed by atoms with E-state index in [2.05, 4.69) is 91.8 Å². The van der Waals surface area contributed by atoms with Crippen LogP contribution < -0.4 is 0 Å². The zero-order valence-electron chi connectivity index (χ0n) is 15.5. The first kappa shape index (κ1) is 16.8. The van der Waals surface area contributed by atoms with Crippen LogP contribution >= 0.6 is 0 Å². The van der Waals surface area contributed by atoms with Gasteiger partial charge in [0, 0.05) is 10.8 Å². The van der Waals surface area contributed by atoms with Gasteiger partial charge in [0.25, 0.3) is 0 Å². The van der Waals surface area contributed by atoms with Crippen molar-refractivity contribution in [3.8, 4) is 0 Å². The van der Waals surface area contributed by atoms with Crippen LogP contribution in [0.3, 0.4) is 0 Å². The molecule has 118 valence electrons. The van der Waals surface area contributed by atoms with Crippen LogP contribution in [0.1, 0.15) is 55.4 Å². The number of allylic oxidation sites excluding steroid dienone is 12. The van der Waals surface area contributed by atoms with Crippen LogP contribution in [0.15, 0.2) is 69.9 Å². The molecule has 0 saturated heterocycles. The molecular weight excluding hydrogens is 264 g/mol. The molecule has 0 spiro atoms. The Balaban J connectivity index is 2.34. The van der Waals surface area contributed by atoms with Gasteiger partial charge in [0.15, 0.2) is 0 Å². The Hall–Kier alpha value is -1.56. The molecule has 0 amide bonds. The average Bonchev–Trinajstić information content (AvgIpc) is 2.40. The van der Waals surface area contributed by atoms with Crippen LogP contribution in [0.5, 0.6) is 0 Å². The zero-order valence-corrected chi connectivity index (χ0v) is 15.5. The van der Waals surface area contributed by atoms with Gasteiger partial charge in [-0.2, -0.15) is 0 Å². The summed E-state index contributed by atoms with van der Waals surface area (Å²) in [5.41, 5.74) is 8.69. The highest BCUT2D eigenvalue weighted by Crippen LogP contribution is 2.40. The Kier molecular flexibility index (Phi) is 4.26. The maximum atomic E-state index is 2.31. The highest BCUT2D eigenvalue weighted by molar-refractivity contribution is 5.51. The van der Waals surface area contributed by atoms with Gasteiger partial charge in [-0.3, -0.25) is 0 Å². The smallest absolute Gasteiger partial charge is 0.00651 e. The van der Waals surface area contributed by atoms with Gasteiger partial charge in [-0.1, -0.05) is 86.4 Å². The highest BCUT2D eigenvalue weighted by Gasteiger charge is 2.26. The summed E-state index contributed by atoms with van der Waals surface area (Å²) in [4.78, 5) is 0. The molecule has 0 radical (unpaired) electrons.